The van der Waals surface area contributed by atoms with Crippen LogP contribution in [0.2, 0.25) is 0 Å². The number of amides is 2. The number of urea groups is 1. The molecule has 0 aliphatic heterocycles. The maximum absolute atomic E-state index is 11.5. The molecule has 0 unspecified atom stereocenters. The number of rotatable bonds is 7. The minimum absolute atomic E-state index is 0.121. The van der Waals surface area contributed by atoms with E-state index in [4.69, 9.17) is 10.8 Å². The lowest BCUT2D eigenvalue weighted by Crippen LogP contribution is -2.41. The quantitative estimate of drug-likeness (QED) is 0.506. The van der Waals surface area contributed by atoms with E-state index in [2.05, 4.69) is 10.6 Å². The van der Waals surface area contributed by atoms with Gasteiger partial charge in [-0.15, -0.1) is 0 Å². The van der Waals surface area contributed by atoms with Crippen LogP contribution in [0.3, 0.4) is 0 Å². The molecule has 1 fully saturated rings. The summed E-state index contributed by atoms with van der Waals surface area (Å²) in [5.41, 5.74) is 5.37. The summed E-state index contributed by atoms with van der Waals surface area (Å²) in [5, 5.41) is 14.3. The molecule has 0 heterocycles. The number of carbonyl (C=O) groups is 2. The van der Waals surface area contributed by atoms with Gasteiger partial charge in [-0.1, -0.05) is 12.8 Å². The van der Waals surface area contributed by atoms with E-state index in [0.29, 0.717) is 25.4 Å². The van der Waals surface area contributed by atoms with Crippen LogP contribution in [-0.4, -0.2) is 35.7 Å². The average Bonchev–Trinajstić information content (AvgIpc) is 2.80. The van der Waals surface area contributed by atoms with Crippen LogP contribution >= 0.6 is 0 Å². The summed E-state index contributed by atoms with van der Waals surface area (Å²) in [6.07, 6.45) is 6.43. The zero-order valence-corrected chi connectivity index (χ0v) is 10.7. The maximum Gasteiger partial charge on any atom is 0.320 e. The summed E-state index contributed by atoms with van der Waals surface area (Å²) in [6, 6.07) is -0.591. The van der Waals surface area contributed by atoms with Gasteiger partial charge in [-0.2, -0.15) is 0 Å². The largest absolute Gasteiger partial charge is 0.480 e. The maximum atomic E-state index is 11.5. The molecule has 1 aliphatic carbocycles. The monoisotopic (exact) mass is 257 g/mol. The second-order valence-electron chi connectivity index (χ2n) is 4.82. The number of carboxylic acid groups (broad SMARTS) is 1. The smallest absolute Gasteiger partial charge is 0.320 e. The number of unbranched alkanes of at least 4 members (excludes halogenated alkanes) is 1. The van der Waals surface area contributed by atoms with Crippen molar-refractivity contribution in [1.82, 2.24) is 10.6 Å². The van der Waals surface area contributed by atoms with Gasteiger partial charge in [-0.05, 0) is 32.1 Å². The zero-order chi connectivity index (χ0) is 13.4. The van der Waals surface area contributed by atoms with Gasteiger partial charge in [-0.3, -0.25) is 4.79 Å². The van der Waals surface area contributed by atoms with E-state index in [9.17, 15) is 9.59 Å². The molecular formula is C12H23N3O3. The zero-order valence-electron chi connectivity index (χ0n) is 10.7. The van der Waals surface area contributed by atoms with E-state index in [1.54, 1.807) is 0 Å². The second kappa shape index (κ2) is 7.92. The Hall–Kier alpha value is -1.30. The fourth-order valence-corrected chi connectivity index (χ4v) is 2.12. The summed E-state index contributed by atoms with van der Waals surface area (Å²) in [6.45, 7) is 0.560. The molecule has 0 aromatic heterocycles. The summed E-state index contributed by atoms with van der Waals surface area (Å²) in [4.78, 5) is 21.9. The Kier molecular flexibility index (Phi) is 6.49. The normalized spacial score (nSPS) is 17.4. The first-order valence-corrected chi connectivity index (χ1v) is 6.62. The van der Waals surface area contributed by atoms with Crippen molar-refractivity contribution in [2.45, 2.75) is 57.0 Å². The molecule has 1 rings (SSSR count). The third-order valence-corrected chi connectivity index (χ3v) is 3.24. The summed E-state index contributed by atoms with van der Waals surface area (Å²) >= 11 is 0. The molecule has 5 N–H and O–H groups in total. The number of hydrogen-bond donors (Lipinski definition) is 4. The molecule has 18 heavy (non-hydrogen) atoms. The Balaban J connectivity index is 1.96. The number of nitrogens with two attached hydrogens (primary N) is 1. The lowest BCUT2D eigenvalue weighted by molar-refractivity contribution is -0.138. The lowest BCUT2D eigenvalue weighted by Gasteiger charge is -2.13. The number of nitrogens with one attached hydrogen (secondary N) is 2. The van der Waals surface area contributed by atoms with Crippen molar-refractivity contribution in [3.8, 4) is 0 Å². The van der Waals surface area contributed by atoms with E-state index in [1.807, 2.05) is 0 Å². The Morgan fingerprint density at radius 3 is 2.56 bits per heavy atom. The number of carbonyl (C=O) groups excluding carboxylic acids is 1. The number of hydrogen-bond acceptors (Lipinski definition) is 3. The van der Waals surface area contributed by atoms with Crippen LogP contribution in [-0.2, 0) is 4.79 Å². The summed E-state index contributed by atoms with van der Waals surface area (Å²) < 4.78 is 0. The Bertz CT molecular complexity index is 278. The lowest BCUT2D eigenvalue weighted by atomic mass is 10.1. The first-order valence-electron chi connectivity index (χ1n) is 6.62. The standard InChI is InChI=1S/C12H23N3O3/c13-10(11(16)17)7-3-4-8-14-12(18)15-9-5-1-2-6-9/h9-10H,1-8,13H2,(H,16,17)(H2,14,15,18)/t10-/m0/s1. The van der Waals surface area contributed by atoms with Gasteiger partial charge in [0, 0.05) is 12.6 Å². The Labute approximate surface area is 107 Å². The molecular weight excluding hydrogens is 234 g/mol. The SMILES string of the molecule is N[C@@H](CCCCNC(=O)NC1CCCC1)C(=O)O. The van der Waals surface area contributed by atoms with Crippen molar-refractivity contribution in [2.24, 2.45) is 5.73 Å². The molecule has 1 saturated carbocycles. The minimum Gasteiger partial charge on any atom is -0.480 e. The number of aliphatic carboxylic acids is 1. The molecule has 1 aliphatic rings. The van der Waals surface area contributed by atoms with Crippen molar-refractivity contribution >= 4 is 12.0 Å². The highest BCUT2D eigenvalue weighted by molar-refractivity contribution is 5.74. The van der Waals surface area contributed by atoms with Gasteiger partial charge in [0.05, 0.1) is 0 Å². The second-order valence-corrected chi connectivity index (χ2v) is 4.82. The van der Waals surface area contributed by atoms with Gasteiger partial charge in [0.25, 0.3) is 0 Å². The van der Waals surface area contributed by atoms with Gasteiger partial charge < -0.3 is 21.5 Å². The molecule has 2 amide bonds. The molecule has 0 aromatic carbocycles. The molecule has 1 atom stereocenters. The molecule has 104 valence electrons. The van der Waals surface area contributed by atoms with Crippen molar-refractivity contribution in [1.29, 1.82) is 0 Å². The van der Waals surface area contributed by atoms with Crippen molar-refractivity contribution in [3.63, 3.8) is 0 Å². The third-order valence-electron chi connectivity index (χ3n) is 3.24. The average molecular weight is 257 g/mol. The highest BCUT2D eigenvalue weighted by Gasteiger charge is 2.16. The topological polar surface area (TPSA) is 104 Å². The predicted molar refractivity (Wildman–Crippen MR) is 68.3 cm³/mol. The van der Waals surface area contributed by atoms with Crippen LogP contribution in [0.4, 0.5) is 4.79 Å². The van der Waals surface area contributed by atoms with E-state index < -0.39 is 12.0 Å². The molecule has 0 saturated heterocycles. The van der Waals surface area contributed by atoms with Crippen LogP contribution in [0.5, 0.6) is 0 Å². The first kappa shape index (κ1) is 14.8. The molecule has 0 radical (unpaired) electrons. The summed E-state index contributed by atoms with van der Waals surface area (Å²) in [5.74, 6) is -0.970. The van der Waals surface area contributed by atoms with Gasteiger partial charge in [0.1, 0.15) is 6.04 Å². The highest BCUT2D eigenvalue weighted by atomic mass is 16.4. The van der Waals surface area contributed by atoms with Gasteiger partial charge in [0.2, 0.25) is 0 Å². The fraction of sp³-hybridized carbons (Fsp3) is 0.833. The van der Waals surface area contributed by atoms with E-state index in [-0.39, 0.29) is 6.03 Å². The van der Waals surface area contributed by atoms with E-state index >= 15 is 0 Å². The van der Waals surface area contributed by atoms with Crippen LogP contribution in [0.1, 0.15) is 44.9 Å². The predicted octanol–water partition coefficient (Wildman–Crippen LogP) is 0.810. The van der Waals surface area contributed by atoms with Gasteiger partial charge >= 0.3 is 12.0 Å². The van der Waals surface area contributed by atoms with E-state index in [1.165, 1.54) is 12.8 Å². The number of carboxylic acids is 1. The third kappa shape index (κ3) is 5.86. The van der Waals surface area contributed by atoms with Gasteiger partial charge in [0.15, 0.2) is 0 Å². The molecule has 0 aromatic rings. The van der Waals surface area contributed by atoms with E-state index in [0.717, 1.165) is 19.3 Å². The van der Waals surface area contributed by atoms with Crippen LogP contribution in [0.15, 0.2) is 0 Å². The fourth-order valence-electron chi connectivity index (χ4n) is 2.12. The van der Waals surface area contributed by atoms with Crippen molar-refractivity contribution in [2.75, 3.05) is 6.54 Å². The summed E-state index contributed by atoms with van der Waals surface area (Å²) in [7, 11) is 0. The Morgan fingerprint density at radius 1 is 1.28 bits per heavy atom. The molecule has 0 spiro atoms. The highest BCUT2D eigenvalue weighted by Crippen LogP contribution is 2.17. The first-order chi connectivity index (χ1) is 8.59. The van der Waals surface area contributed by atoms with Crippen molar-refractivity contribution < 1.29 is 14.7 Å². The van der Waals surface area contributed by atoms with Crippen molar-refractivity contribution in [3.05, 3.63) is 0 Å². The van der Waals surface area contributed by atoms with Crippen LogP contribution in [0, 0.1) is 0 Å². The van der Waals surface area contributed by atoms with Crippen LogP contribution < -0.4 is 16.4 Å². The van der Waals surface area contributed by atoms with Crippen LogP contribution in [0.25, 0.3) is 0 Å². The molecule has 6 heteroatoms. The molecule has 6 nitrogen and oxygen atoms in total. The molecule has 0 bridgehead atoms. The minimum atomic E-state index is -0.970. The Morgan fingerprint density at radius 2 is 1.94 bits per heavy atom. The van der Waals surface area contributed by atoms with Gasteiger partial charge in [-0.25, -0.2) is 4.79 Å².